The molecule has 0 saturated carbocycles. The van der Waals surface area contributed by atoms with Crippen LogP contribution in [0.25, 0.3) is 0 Å². The number of hydrogen-bond donors (Lipinski definition) is 2. The number of piperazine rings is 1. The predicted molar refractivity (Wildman–Crippen MR) is 208 cm³/mol. The lowest BCUT2D eigenvalue weighted by Crippen LogP contribution is -2.40. The smallest absolute Gasteiger partial charge is 0.195 e. The molecule has 1 N–H and O–H groups in total. The molecule has 3 nitrogen and oxygen atoms in total. The molecular formula is C38H48Br2N3S2+. The van der Waals surface area contributed by atoms with Crippen molar-refractivity contribution in [2.24, 2.45) is 0 Å². The number of hydrogen-bond acceptors (Lipinski definition) is 5. The standard InChI is InChI=1S/C19H23NS.C8H10S.C6H3Br2.C5H12N2/c1-15-10-11-18(16(2)14-15)21-19-9-5-4-8-17(19)20-12-6-3-7-13-20;1-6-3-4-8(9)7(2)5-6;7-5-3-1-2-4-6(5)8;1-7-4-2-6-3-5-7/h4-5,8-11,14H,3,6-7,12-13H2,1-2H3;3-5,9H,1-2H3;1-3H;6H,2-5H2,1H3/q;;+1;. The van der Waals surface area contributed by atoms with Crippen LogP contribution in [0.2, 0.25) is 0 Å². The molecule has 240 valence electrons. The first-order valence-electron chi connectivity index (χ1n) is 15.7. The maximum Gasteiger partial charge on any atom is 0.195 e. The third kappa shape index (κ3) is 13.8. The molecule has 0 bridgehead atoms. The van der Waals surface area contributed by atoms with Gasteiger partial charge in [-0.25, -0.2) is 0 Å². The highest BCUT2D eigenvalue weighted by atomic mass is 79.9. The van der Waals surface area contributed by atoms with E-state index >= 15 is 0 Å². The number of halogens is 2. The van der Waals surface area contributed by atoms with E-state index in [-0.39, 0.29) is 0 Å². The second-order valence-electron chi connectivity index (χ2n) is 11.6. The lowest BCUT2D eigenvalue weighted by molar-refractivity contribution is 0.291. The van der Waals surface area contributed by atoms with E-state index in [0.29, 0.717) is 0 Å². The fourth-order valence-electron chi connectivity index (χ4n) is 4.95. The Morgan fingerprint density at radius 1 is 0.778 bits per heavy atom. The van der Waals surface area contributed by atoms with Crippen LogP contribution < -0.4 is 10.2 Å². The van der Waals surface area contributed by atoms with Crippen molar-refractivity contribution >= 4 is 61.9 Å². The Morgan fingerprint density at radius 3 is 1.96 bits per heavy atom. The Bertz CT molecular complexity index is 1420. The lowest BCUT2D eigenvalue weighted by Gasteiger charge is -2.30. The van der Waals surface area contributed by atoms with Crippen LogP contribution in [-0.4, -0.2) is 51.2 Å². The van der Waals surface area contributed by atoms with Crippen molar-refractivity contribution in [3.8, 4) is 0 Å². The summed E-state index contributed by atoms with van der Waals surface area (Å²) in [6.45, 7) is 15.7. The molecule has 0 amide bonds. The van der Waals surface area contributed by atoms with Crippen molar-refractivity contribution in [3.63, 3.8) is 0 Å². The van der Waals surface area contributed by atoms with E-state index in [1.807, 2.05) is 36.1 Å². The summed E-state index contributed by atoms with van der Waals surface area (Å²) in [7, 11) is 2.15. The van der Waals surface area contributed by atoms with E-state index in [0.717, 1.165) is 26.9 Å². The molecule has 2 fully saturated rings. The Hall–Kier alpha value is -1.83. The molecule has 2 heterocycles. The van der Waals surface area contributed by atoms with Gasteiger partial charge >= 0.3 is 0 Å². The maximum absolute atomic E-state index is 4.25. The van der Waals surface area contributed by atoms with Crippen molar-refractivity contribution in [3.05, 3.63) is 116 Å². The van der Waals surface area contributed by atoms with Gasteiger partial charge in [0.05, 0.1) is 17.8 Å². The number of piperidine rings is 1. The normalized spacial score (nSPS) is 16.0. The molecule has 1 aliphatic carbocycles. The van der Waals surface area contributed by atoms with Gasteiger partial charge in [-0.15, -0.1) is 12.6 Å². The van der Waals surface area contributed by atoms with Crippen LogP contribution in [0.3, 0.4) is 0 Å². The Labute approximate surface area is 299 Å². The highest BCUT2D eigenvalue weighted by molar-refractivity contribution is 9.15. The minimum atomic E-state index is 0.972. The van der Waals surface area contributed by atoms with Gasteiger partial charge in [0.15, 0.2) is 4.48 Å². The van der Waals surface area contributed by atoms with Gasteiger partial charge in [-0.05, 0) is 105 Å². The SMILES string of the molecule is BrC1=[C+]C=CC=C1Br.CN1CCNCC1.Cc1ccc(S)c(C)c1.Cc1ccc(Sc2ccccc2N2CCCCC2)c(C)c1. The fraction of sp³-hybridized carbons (Fsp3) is 0.368. The van der Waals surface area contributed by atoms with E-state index in [9.17, 15) is 0 Å². The van der Waals surface area contributed by atoms with Crippen LogP contribution >= 0.6 is 56.3 Å². The summed E-state index contributed by atoms with van der Waals surface area (Å²) in [4.78, 5) is 8.70. The van der Waals surface area contributed by atoms with Crippen LogP contribution in [0.15, 0.2) is 103 Å². The molecule has 0 spiro atoms. The minimum absolute atomic E-state index is 0.972. The van der Waals surface area contributed by atoms with Crippen molar-refractivity contribution in [2.75, 3.05) is 51.2 Å². The third-order valence-electron chi connectivity index (χ3n) is 7.56. The second kappa shape index (κ2) is 20.4. The van der Waals surface area contributed by atoms with Crippen LogP contribution in [0.1, 0.15) is 41.5 Å². The number of likely N-dealkylation sites (N-methyl/N-ethyl adjacent to an activating group) is 1. The zero-order valence-electron chi connectivity index (χ0n) is 27.4. The molecule has 3 aromatic rings. The van der Waals surface area contributed by atoms with Crippen molar-refractivity contribution in [1.82, 2.24) is 10.2 Å². The molecule has 2 saturated heterocycles. The molecular weight excluding hydrogens is 722 g/mol. The molecule has 0 atom stereocenters. The number of thiol groups is 1. The van der Waals surface area contributed by atoms with Crippen molar-refractivity contribution < 1.29 is 0 Å². The third-order valence-corrected chi connectivity index (χ3v) is 11.2. The molecule has 6 rings (SSSR count). The van der Waals surface area contributed by atoms with Gasteiger partial charge in [-0.2, -0.15) is 0 Å². The van der Waals surface area contributed by atoms with Gasteiger partial charge in [0.1, 0.15) is 10.6 Å². The highest BCUT2D eigenvalue weighted by Gasteiger charge is 2.15. The van der Waals surface area contributed by atoms with Gasteiger partial charge in [0.25, 0.3) is 0 Å². The van der Waals surface area contributed by atoms with Crippen LogP contribution in [-0.2, 0) is 0 Å². The molecule has 0 radical (unpaired) electrons. The number of para-hydroxylation sites is 1. The number of benzene rings is 3. The maximum atomic E-state index is 4.25. The summed E-state index contributed by atoms with van der Waals surface area (Å²) in [5.74, 6) is 0. The van der Waals surface area contributed by atoms with Gasteiger partial charge in [0.2, 0.25) is 0 Å². The summed E-state index contributed by atoms with van der Waals surface area (Å²) in [6.07, 6.45) is 12.7. The fourth-order valence-corrected chi connectivity index (χ4v) is 6.66. The number of aryl methyl sites for hydroxylation is 4. The molecule has 7 heteroatoms. The first-order valence-corrected chi connectivity index (χ1v) is 18.5. The molecule has 2 aliphatic heterocycles. The topological polar surface area (TPSA) is 18.5 Å². The zero-order valence-corrected chi connectivity index (χ0v) is 32.3. The zero-order chi connectivity index (χ0) is 32.6. The minimum Gasteiger partial charge on any atom is -0.371 e. The van der Waals surface area contributed by atoms with E-state index < -0.39 is 0 Å². The quantitative estimate of drug-likeness (QED) is 0.204. The van der Waals surface area contributed by atoms with Gasteiger partial charge in [-0.1, -0.05) is 59.3 Å². The first kappa shape index (κ1) is 37.6. The summed E-state index contributed by atoms with van der Waals surface area (Å²) >= 11 is 12.8. The van der Waals surface area contributed by atoms with Crippen molar-refractivity contribution in [1.29, 1.82) is 0 Å². The number of rotatable bonds is 3. The number of anilines is 1. The Morgan fingerprint density at radius 2 is 1.42 bits per heavy atom. The second-order valence-corrected chi connectivity index (χ2v) is 14.8. The average molecular weight is 771 g/mol. The van der Waals surface area contributed by atoms with Crippen LogP contribution in [0.5, 0.6) is 0 Å². The van der Waals surface area contributed by atoms with E-state index in [1.165, 1.54) is 83.2 Å². The van der Waals surface area contributed by atoms with E-state index in [2.05, 4.69) is 155 Å². The number of allylic oxidation sites excluding steroid dienone is 6. The molecule has 45 heavy (non-hydrogen) atoms. The molecule has 3 aliphatic rings. The van der Waals surface area contributed by atoms with Crippen molar-refractivity contribution in [2.45, 2.75) is 61.6 Å². The average Bonchev–Trinajstić information content (AvgIpc) is 3.04. The summed E-state index contributed by atoms with van der Waals surface area (Å²) in [5, 5.41) is 3.27. The van der Waals surface area contributed by atoms with Gasteiger partial charge in [-0.3, -0.25) is 0 Å². The predicted octanol–water partition coefficient (Wildman–Crippen LogP) is 10.5. The van der Waals surface area contributed by atoms with Crippen LogP contribution in [0.4, 0.5) is 5.69 Å². The number of nitrogens with zero attached hydrogens (tertiary/aromatic N) is 2. The molecule has 3 aromatic carbocycles. The Balaban J connectivity index is 0.000000189. The number of nitrogens with one attached hydrogen (secondary N) is 1. The molecule has 0 unspecified atom stereocenters. The highest BCUT2D eigenvalue weighted by Crippen LogP contribution is 2.37. The summed E-state index contributed by atoms with van der Waals surface area (Å²) in [5.41, 5.74) is 6.65. The Kier molecular flexibility index (Phi) is 17.1. The molecule has 0 aromatic heterocycles. The first-order chi connectivity index (χ1) is 21.6. The summed E-state index contributed by atoms with van der Waals surface area (Å²) < 4.78 is 2.01. The van der Waals surface area contributed by atoms with Crippen LogP contribution in [0, 0.1) is 33.8 Å². The van der Waals surface area contributed by atoms with Gasteiger partial charge < -0.3 is 15.1 Å². The monoisotopic (exact) mass is 768 g/mol. The summed E-state index contributed by atoms with van der Waals surface area (Å²) in [6, 6.07) is 21.8. The van der Waals surface area contributed by atoms with E-state index in [1.54, 1.807) is 0 Å². The van der Waals surface area contributed by atoms with Gasteiger partial charge in [0, 0.05) is 76.0 Å². The largest absolute Gasteiger partial charge is 0.371 e. The lowest BCUT2D eigenvalue weighted by atomic mass is 10.1. The van der Waals surface area contributed by atoms with E-state index in [4.69, 9.17) is 0 Å².